The van der Waals surface area contributed by atoms with Gasteiger partial charge in [0.25, 0.3) is 0 Å². The van der Waals surface area contributed by atoms with Crippen LogP contribution in [-0.2, 0) is 4.79 Å². The molecule has 1 aromatic heterocycles. The van der Waals surface area contributed by atoms with E-state index in [-0.39, 0.29) is 23.7 Å². The van der Waals surface area contributed by atoms with Gasteiger partial charge in [0.1, 0.15) is 0 Å². The van der Waals surface area contributed by atoms with Crippen molar-refractivity contribution in [3.8, 4) is 16.8 Å². The summed E-state index contributed by atoms with van der Waals surface area (Å²) in [7, 11) is 0. The highest BCUT2D eigenvalue weighted by atomic mass is 16.5. The van der Waals surface area contributed by atoms with Crippen LogP contribution in [0.15, 0.2) is 127 Å². The van der Waals surface area contributed by atoms with Crippen LogP contribution in [0.3, 0.4) is 0 Å². The minimum absolute atomic E-state index is 0.0521. The van der Waals surface area contributed by atoms with E-state index in [0.717, 1.165) is 27.9 Å². The summed E-state index contributed by atoms with van der Waals surface area (Å²) in [6.45, 7) is 0. The highest BCUT2D eigenvalue weighted by Crippen LogP contribution is 2.60. The Hall–Kier alpha value is -4.67. The molecule has 1 saturated carbocycles. The number of carbonyl (C=O) groups excluding carboxylic acids is 1. The number of nitrogens with zero attached hydrogens (tertiary/aromatic N) is 1. The molecule has 0 spiro atoms. The molecular formula is C34H26N2O2. The molecule has 1 amide bonds. The molecule has 38 heavy (non-hydrogen) atoms. The Morgan fingerprint density at radius 1 is 0.579 bits per heavy atom. The van der Waals surface area contributed by atoms with Gasteiger partial charge < -0.3 is 4.57 Å². The van der Waals surface area contributed by atoms with Gasteiger partial charge >= 0.3 is 0 Å². The van der Waals surface area contributed by atoms with Gasteiger partial charge in [-0.25, -0.2) is 5.48 Å². The van der Waals surface area contributed by atoms with Crippen molar-refractivity contribution in [1.82, 2.24) is 10.0 Å². The lowest BCUT2D eigenvalue weighted by molar-refractivity contribution is -0.130. The second-order valence-electron chi connectivity index (χ2n) is 10.0. The zero-order valence-corrected chi connectivity index (χ0v) is 20.7. The molecule has 4 nitrogen and oxygen atoms in total. The van der Waals surface area contributed by atoms with Crippen molar-refractivity contribution in [2.24, 2.45) is 5.92 Å². The van der Waals surface area contributed by atoms with Crippen molar-refractivity contribution in [3.05, 3.63) is 139 Å². The second-order valence-corrected chi connectivity index (χ2v) is 10.0. The number of hydrogen-bond donors (Lipinski definition) is 2. The fourth-order valence-electron chi connectivity index (χ4n) is 6.12. The summed E-state index contributed by atoms with van der Waals surface area (Å²) in [6, 6.07) is 44.3. The summed E-state index contributed by atoms with van der Waals surface area (Å²) in [5.41, 5.74) is 9.89. The molecule has 0 radical (unpaired) electrons. The maximum absolute atomic E-state index is 12.4. The first kappa shape index (κ1) is 22.5. The Kier molecular flexibility index (Phi) is 5.34. The lowest BCUT2D eigenvalue weighted by Gasteiger charge is -2.10. The van der Waals surface area contributed by atoms with Gasteiger partial charge in [-0.05, 0) is 46.5 Å². The molecule has 0 saturated heterocycles. The van der Waals surface area contributed by atoms with Crippen molar-refractivity contribution >= 4 is 27.7 Å². The predicted octanol–water partition coefficient (Wildman–Crippen LogP) is 7.45. The molecule has 1 fully saturated rings. The maximum Gasteiger partial charge on any atom is 0.247 e. The smallest absolute Gasteiger partial charge is 0.247 e. The van der Waals surface area contributed by atoms with Crippen molar-refractivity contribution in [2.75, 3.05) is 0 Å². The average Bonchev–Trinajstić information content (AvgIpc) is 3.65. The van der Waals surface area contributed by atoms with Crippen molar-refractivity contribution in [3.63, 3.8) is 0 Å². The monoisotopic (exact) mass is 494 g/mol. The van der Waals surface area contributed by atoms with Crippen LogP contribution in [0.25, 0.3) is 38.6 Å². The largest absolute Gasteiger partial charge is 0.309 e. The SMILES string of the molecule is O=C(NO)C1C(c2ccccc2)C1c1ccc(-c2ccc(-n3c4ccccc4c4ccccc43)cc2)cc1. The number of hydroxylamine groups is 1. The van der Waals surface area contributed by atoms with Crippen LogP contribution >= 0.6 is 0 Å². The third-order valence-electron chi connectivity index (χ3n) is 7.95. The Balaban J connectivity index is 1.19. The highest BCUT2D eigenvalue weighted by Gasteiger charge is 2.56. The fourth-order valence-corrected chi connectivity index (χ4v) is 6.12. The number of benzene rings is 5. The van der Waals surface area contributed by atoms with Gasteiger partial charge in [-0.15, -0.1) is 0 Å². The molecular weight excluding hydrogens is 468 g/mol. The molecule has 7 rings (SSSR count). The van der Waals surface area contributed by atoms with Crippen LogP contribution < -0.4 is 5.48 Å². The van der Waals surface area contributed by atoms with Crippen LogP contribution in [0.5, 0.6) is 0 Å². The molecule has 1 aliphatic rings. The second kappa shape index (κ2) is 9.02. The maximum atomic E-state index is 12.4. The standard InChI is InChI=1S/C34H26N2O2/c37-34(35-38)33-31(24-8-2-1-3-9-24)32(33)25-16-14-22(15-17-25)23-18-20-26(21-19-23)36-29-12-6-4-10-27(29)28-11-5-7-13-30(28)36/h1-21,31-33,38H,(H,35,37). The Morgan fingerprint density at radius 2 is 1.05 bits per heavy atom. The summed E-state index contributed by atoms with van der Waals surface area (Å²) >= 11 is 0. The number of fused-ring (bicyclic) bond motifs is 3. The number of amides is 1. The summed E-state index contributed by atoms with van der Waals surface area (Å²) < 4.78 is 2.32. The van der Waals surface area contributed by atoms with E-state index in [1.54, 1.807) is 0 Å². The molecule has 0 aliphatic heterocycles. The zero-order chi connectivity index (χ0) is 25.6. The van der Waals surface area contributed by atoms with E-state index in [2.05, 4.69) is 114 Å². The third-order valence-corrected chi connectivity index (χ3v) is 7.95. The third kappa shape index (κ3) is 3.61. The number of nitrogens with one attached hydrogen (secondary N) is 1. The zero-order valence-electron chi connectivity index (χ0n) is 20.7. The molecule has 3 unspecified atom stereocenters. The van der Waals surface area contributed by atoms with Gasteiger partial charge in [-0.2, -0.15) is 0 Å². The normalized spacial score (nSPS) is 18.5. The summed E-state index contributed by atoms with van der Waals surface area (Å²) in [6.07, 6.45) is 0. The lowest BCUT2D eigenvalue weighted by atomic mass is 10.00. The number of rotatable bonds is 5. The van der Waals surface area contributed by atoms with E-state index in [9.17, 15) is 10.0 Å². The minimum Gasteiger partial charge on any atom is -0.309 e. The van der Waals surface area contributed by atoms with E-state index >= 15 is 0 Å². The van der Waals surface area contributed by atoms with E-state index < -0.39 is 0 Å². The average molecular weight is 495 g/mol. The van der Waals surface area contributed by atoms with E-state index in [1.807, 2.05) is 23.7 Å². The van der Waals surface area contributed by atoms with Crippen LogP contribution in [0, 0.1) is 5.92 Å². The Morgan fingerprint density at radius 3 is 1.61 bits per heavy atom. The molecule has 6 aromatic rings. The highest BCUT2D eigenvalue weighted by molar-refractivity contribution is 6.09. The van der Waals surface area contributed by atoms with Crippen molar-refractivity contribution in [1.29, 1.82) is 0 Å². The van der Waals surface area contributed by atoms with Crippen LogP contribution in [-0.4, -0.2) is 15.7 Å². The van der Waals surface area contributed by atoms with Crippen molar-refractivity contribution in [2.45, 2.75) is 11.8 Å². The predicted molar refractivity (Wildman–Crippen MR) is 152 cm³/mol. The molecule has 3 atom stereocenters. The fraction of sp³-hybridized carbons (Fsp3) is 0.0882. The lowest BCUT2D eigenvalue weighted by Crippen LogP contribution is -2.21. The molecule has 5 aromatic carbocycles. The first-order valence-corrected chi connectivity index (χ1v) is 12.9. The molecule has 1 heterocycles. The summed E-state index contributed by atoms with van der Waals surface area (Å²) in [4.78, 5) is 12.4. The van der Waals surface area contributed by atoms with Gasteiger partial charge in [0.05, 0.1) is 17.0 Å². The van der Waals surface area contributed by atoms with Gasteiger partial charge in [-0.1, -0.05) is 103 Å². The number of carbonyl (C=O) groups is 1. The van der Waals surface area contributed by atoms with Gasteiger partial charge in [0.2, 0.25) is 5.91 Å². The molecule has 2 N–H and O–H groups in total. The Bertz CT molecular complexity index is 1720. The first-order chi connectivity index (χ1) is 18.7. The summed E-state index contributed by atoms with van der Waals surface area (Å²) in [5.74, 6) is -0.469. The van der Waals surface area contributed by atoms with Crippen LogP contribution in [0.2, 0.25) is 0 Å². The van der Waals surface area contributed by atoms with Gasteiger partial charge in [0.15, 0.2) is 0 Å². The molecule has 184 valence electrons. The number of aromatic nitrogens is 1. The quantitative estimate of drug-likeness (QED) is 0.193. The van der Waals surface area contributed by atoms with Crippen LogP contribution in [0.1, 0.15) is 23.0 Å². The minimum atomic E-state index is -0.325. The van der Waals surface area contributed by atoms with Gasteiger partial charge in [-0.3, -0.25) is 10.0 Å². The van der Waals surface area contributed by atoms with Crippen LogP contribution in [0.4, 0.5) is 0 Å². The Labute approximate surface area is 220 Å². The van der Waals surface area contributed by atoms with E-state index in [1.165, 1.54) is 21.8 Å². The van der Waals surface area contributed by atoms with Gasteiger partial charge in [0, 0.05) is 28.3 Å². The molecule has 0 bridgehead atoms. The number of para-hydroxylation sites is 2. The first-order valence-electron chi connectivity index (χ1n) is 12.9. The van der Waals surface area contributed by atoms with Crippen molar-refractivity contribution < 1.29 is 10.0 Å². The molecule has 4 heteroatoms. The number of hydrogen-bond acceptors (Lipinski definition) is 2. The summed E-state index contributed by atoms with van der Waals surface area (Å²) in [5, 5.41) is 11.8. The molecule has 1 aliphatic carbocycles. The van der Waals surface area contributed by atoms with E-state index in [4.69, 9.17) is 0 Å². The van der Waals surface area contributed by atoms with E-state index in [0.29, 0.717) is 0 Å². The topological polar surface area (TPSA) is 54.3 Å².